The second-order valence-electron chi connectivity index (χ2n) is 8.64. The fraction of sp³-hybridized carbons (Fsp3) is 0.600. The van der Waals surface area contributed by atoms with Crippen LogP contribution in [-0.2, 0) is 11.3 Å². The van der Waals surface area contributed by atoms with Gasteiger partial charge in [0.05, 0.1) is 17.8 Å². The molecular weight excluding hydrogens is 312 g/mol. The van der Waals surface area contributed by atoms with Gasteiger partial charge in [0.25, 0.3) is 0 Å². The lowest BCUT2D eigenvalue weighted by Crippen LogP contribution is -2.62. The molecule has 2 aromatic rings. The van der Waals surface area contributed by atoms with E-state index in [-0.39, 0.29) is 23.0 Å². The number of hydrogen-bond donors (Lipinski definition) is 2. The number of nitrogens with zero attached hydrogens (tertiary/aromatic N) is 2. The molecule has 1 aliphatic heterocycles. The second kappa shape index (κ2) is 6.45. The Bertz CT molecular complexity index is 759. The zero-order valence-electron chi connectivity index (χ0n) is 16.0. The number of benzene rings is 1. The van der Waals surface area contributed by atoms with Crippen molar-refractivity contribution in [2.75, 3.05) is 0 Å². The van der Waals surface area contributed by atoms with Crippen LogP contribution in [0.4, 0.5) is 0 Å². The fourth-order valence-electron chi connectivity index (χ4n) is 4.40. The maximum atomic E-state index is 12.5. The van der Waals surface area contributed by atoms with E-state index in [1.807, 2.05) is 23.7 Å². The molecule has 2 heterocycles. The van der Waals surface area contributed by atoms with E-state index in [1.165, 1.54) is 0 Å². The quantitative estimate of drug-likeness (QED) is 0.897. The molecule has 0 radical (unpaired) electrons. The summed E-state index contributed by atoms with van der Waals surface area (Å²) in [4.78, 5) is 12.5. The first-order valence-electron chi connectivity index (χ1n) is 9.16. The Balaban J connectivity index is 1.61. The van der Waals surface area contributed by atoms with Crippen molar-refractivity contribution >= 4 is 16.8 Å². The first-order valence-corrected chi connectivity index (χ1v) is 9.16. The lowest BCUT2D eigenvalue weighted by atomic mass is 9.79. The molecule has 0 unspecified atom stereocenters. The van der Waals surface area contributed by atoms with E-state index in [0.717, 1.165) is 29.4 Å². The average molecular weight is 342 g/mol. The van der Waals surface area contributed by atoms with Crippen LogP contribution in [0.1, 0.15) is 52.7 Å². The van der Waals surface area contributed by atoms with Gasteiger partial charge >= 0.3 is 0 Å². The third kappa shape index (κ3) is 4.21. The molecule has 0 atom stereocenters. The molecule has 1 aliphatic rings. The molecule has 0 aliphatic carbocycles. The molecule has 5 heteroatoms. The van der Waals surface area contributed by atoms with Gasteiger partial charge in [0.1, 0.15) is 0 Å². The number of fused-ring (bicyclic) bond motifs is 1. The van der Waals surface area contributed by atoms with Crippen molar-refractivity contribution in [2.24, 2.45) is 0 Å². The lowest BCUT2D eigenvalue weighted by Gasteiger charge is -2.46. The topological polar surface area (TPSA) is 59.0 Å². The van der Waals surface area contributed by atoms with Crippen LogP contribution >= 0.6 is 0 Å². The number of carbonyl (C=O) groups excluding carboxylic acids is 1. The van der Waals surface area contributed by atoms with E-state index in [2.05, 4.69) is 55.6 Å². The van der Waals surface area contributed by atoms with E-state index < -0.39 is 0 Å². The van der Waals surface area contributed by atoms with Crippen molar-refractivity contribution in [1.82, 2.24) is 20.4 Å². The number of rotatable bonds is 4. The van der Waals surface area contributed by atoms with E-state index in [9.17, 15) is 4.79 Å². The summed E-state index contributed by atoms with van der Waals surface area (Å²) in [5, 5.41) is 12.6. The molecule has 1 fully saturated rings. The normalized spacial score (nSPS) is 19.9. The van der Waals surface area contributed by atoms with Gasteiger partial charge in [-0.25, -0.2) is 0 Å². The number of carbonyl (C=O) groups is 1. The third-order valence-corrected chi connectivity index (χ3v) is 4.95. The summed E-state index contributed by atoms with van der Waals surface area (Å²) in [7, 11) is 0. The van der Waals surface area contributed by atoms with Crippen LogP contribution in [0.15, 0.2) is 24.3 Å². The molecule has 1 aromatic carbocycles. The molecule has 25 heavy (non-hydrogen) atoms. The molecule has 3 rings (SSSR count). The molecule has 1 saturated heterocycles. The van der Waals surface area contributed by atoms with Gasteiger partial charge in [-0.05, 0) is 53.5 Å². The van der Waals surface area contributed by atoms with Gasteiger partial charge in [-0.3, -0.25) is 9.48 Å². The maximum Gasteiger partial charge on any atom is 0.222 e. The van der Waals surface area contributed by atoms with Crippen LogP contribution in [0, 0.1) is 6.92 Å². The maximum absolute atomic E-state index is 12.5. The van der Waals surface area contributed by atoms with E-state index in [0.29, 0.717) is 13.0 Å². The first-order chi connectivity index (χ1) is 11.7. The van der Waals surface area contributed by atoms with Gasteiger partial charge in [0.2, 0.25) is 5.91 Å². The Labute approximate surface area is 150 Å². The zero-order chi connectivity index (χ0) is 18.2. The first kappa shape index (κ1) is 17.9. The lowest BCUT2D eigenvalue weighted by molar-refractivity contribution is -0.122. The van der Waals surface area contributed by atoms with Gasteiger partial charge < -0.3 is 10.6 Å². The van der Waals surface area contributed by atoms with Gasteiger partial charge in [-0.15, -0.1) is 0 Å². The zero-order valence-corrected chi connectivity index (χ0v) is 16.0. The van der Waals surface area contributed by atoms with Gasteiger partial charge in [0.15, 0.2) is 0 Å². The summed E-state index contributed by atoms with van der Waals surface area (Å²) >= 11 is 0. The fourth-order valence-corrected chi connectivity index (χ4v) is 4.40. The number of piperidine rings is 1. The summed E-state index contributed by atoms with van der Waals surface area (Å²) in [5.41, 5.74) is 2.18. The van der Waals surface area contributed by atoms with Gasteiger partial charge in [0, 0.05) is 28.9 Å². The van der Waals surface area contributed by atoms with E-state index >= 15 is 0 Å². The Morgan fingerprint density at radius 1 is 1.24 bits per heavy atom. The van der Waals surface area contributed by atoms with E-state index in [4.69, 9.17) is 0 Å². The molecule has 2 N–H and O–H groups in total. The number of nitrogens with one attached hydrogen (secondary N) is 2. The number of aromatic nitrogens is 2. The molecule has 5 nitrogen and oxygen atoms in total. The summed E-state index contributed by atoms with van der Waals surface area (Å²) in [6, 6.07) is 8.39. The molecular formula is C20H30N4O. The molecule has 1 amide bonds. The van der Waals surface area contributed by atoms with Crippen molar-refractivity contribution < 1.29 is 4.79 Å². The molecule has 0 spiro atoms. The van der Waals surface area contributed by atoms with E-state index in [1.54, 1.807) is 0 Å². The minimum absolute atomic E-state index is 0.0367. The highest BCUT2D eigenvalue weighted by atomic mass is 16.1. The average Bonchev–Trinajstić information content (AvgIpc) is 2.79. The van der Waals surface area contributed by atoms with Crippen molar-refractivity contribution in [3.05, 3.63) is 30.0 Å². The number of hydrogen-bond acceptors (Lipinski definition) is 3. The minimum Gasteiger partial charge on any atom is -0.353 e. The van der Waals surface area contributed by atoms with Crippen LogP contribution in [0.5, 0.6) is 0 Å². The van der Waals surface area contributed by atoms with Gasteiger partial charge in [-0.2, -0.15) is 5.10 Å². The summed E-state index contributed by atoms with van der Waals surface area (Å²) in [6.45, 7) is 11.4. The Morgan fingerprint density at radius 2 is 1.88 bits per heavy atom. The monoisotopic (exact) mass is 342 g/mol. The van der Waals surface area contributed by atoms with Crippen LogP contribution in [0.3, 0.4) is 0 Å². The second-order valence-corrected chi connectivity index (χ2v) is 8.64. The van der Waals surface area contributed by atoms with Crippen LogP contribution in [-0.4, -0.2) is 32.8 Å². The minimum atomic E-state index is 0.0367. The predicted octanol–water partition coefficient (Wildman–Crippen LogP) is 3.16. The number of para-hydroxylation sites is 1. The highest BCUT2D eigenvalue weighted by molar-refractivity contribution is 5.82. The summed E-state index contributed by atoms with van der Waals surface area (Å²) in [5.74, 6) is 0.107. The Morgan fingerprint density at radius 3 is 2.56 bits per heavy atom. The smallest absolute Gasteiger partial charge is 0.222 e. The van der Waals surface area contributed by atoms with Crippen molar-refractivity contribution in [3.63, 3.8) is 0 Å². The molecule has 0 saturated carbocycles. The SMILES string of the molecule is Cc1nn(CCC(=O)NC2CC(C)(C)NC(C)(C)C2)c2ccccc12. The van der Waals surface area contributed by atoms with Crippen LogP contribution in [0.25, 0.3) is 10.9 Å². The Kier molecular flexibility index (Phi) is 4.62. The van der Waals surface area contributed by atoms with Crippen LogP contribution < -0.4 is 10.6 Å². The summed E-state index contributed by atoms with van der Waals surface area (Å²) in [6.07, 6.45) is 2.36. The van der Waals surface area contributed by atoms with Crippen LogP contribution in [0.2, 0.25) is 0 Å². The standard InChI is InChI=1S/C20H30N4O/c1-14-16-8-6-7-9-17(16)24(22-14)11-10-18(25)21-15-12-19(2,3)23-20(4,5)13-15/h6-9,15,23H,10-13H2,1-5H3,(H,21,25). The Hall–Kier alpha value is -1.88. The largest absolute Gasteiger partial charge is 0.353 e. The van der Waals surface area contributed by atoms with Gasteiger partial charge in [-0.1, -0.05) is 18.2 Å². The molecule has 1 aromatic heterocycles. The third-order valence-electron chi connectivity index (χ3n) is 4.95. The highest BCUT2D eigenvalue weighted by Crippen LogP contribution is 2.28. The number of amides is 1. The molecule has 0 bridgehead atoms. The van der Waals surface area contributed by atoms with Crippen molar-refractivity contribution in [2.45, 2.75) is 77.5 Å². The van der Waals surface area contributed by atoms with Crippen molar-refractivity contribution in [1.29, 1.82) is 0 Å². The predicted molar refractivity (Wildman–Crippen MR) is 102 cm³/mol. The summed E-state index contributed by atoms with van der Waals surface area (Å²) < 4.78 is 1.94. The molecule has 136 valence electrons. The highest BCUT2D eigenvalue weighted by Gasteiger charge is 2.38. The van der Waals surface area contributed by atoms with Crippen molar-refractivity contribution in [3.8, 4) is 0 Å². The number of aryl methyl sites for hydroxylation is 2.